The molecule has 0 aromatic carbocycles. The molecule has 0 saturated carbocycles. The van der Waals surface area contributed by atoms with E-state index in [1.807, 2.05) is 6.07 Å². The Morgan fingerprint density at radius 3 is 2.71 bits per heavy atom. The van der Waals surface area contributed by atoms with E-state index in [1.54, 1.807) is 27.7 Å². The summed E-state index contributed by atoms with van der Waals surface area (Å²) in [7, 11) is 0. The SMILES string of the molecule is Cc1cnc(C#N)c(CC(=O)OC(C)(C)C)n1. The van der Waals surface area contributed by atoms with Gasteiger partial charge in [-0.2, -0.15) is 5.26 Å². The van der Waals surface area contributed by atoms with Crippen LogP contribution in [0.4, 0.5) is 0 Å². The molecule has 5 nitrogen and oxygen atoms in total. The zero-order chi connectivity index (χ0) is 13.1. The lowest BCUT2D eigenvalue weighted by molar-refractivity contribution is -0.154. The Bertz CT molecular complexity index is 470. The maximum absolute atomic E-state index is 11.6. The largest absolute Gasteiger partial charge is 0.460 e. The quantitative estimate of drug-likeness (QED) is 0.724. The molecule has 1 rings (SSSR count). The number of nitrogens with zero attached hydrogens (tertiary/aromatic N) is 3. The van der Waals surface area contributed by atoms with Gasteiger partial charge in [0.2, 0.25) is 0 Å². The summed E-state index contributed by atoms with van der Waals surface area (Å²) in [5, 5.41) is 8.85. The van der Waals surface area contributed by atoms with Gasteiger partial charge >= 0.3 is 5.97 Å². The highest BCUT2D eigenvalue weighted by atomic mass is 16.6. The second-order valence-electron chi connectivity index (χ2n) is 4.68. The Labute approximate surface area is 100 Å². The molecule has 0 N–H and O–H groups in total. The molecule has 0 spiro atoms. The van der Waals surface area contributed by atoms with Crippen LogP contribution in [0.3, 0.4) is 0 Å². The second-order valence-corrected chi connectivity index (χ2v) is 4.68. The first-order valence-corrected chi connectivity index (χ1v) is 5.26. The number of ether oxygens (including phenoxy) is 1. The second kappa shape index (κ2) is 4.91. The number of hydrogen-bond donors (Lipinski definition) is 0. The van der Waals surface area contributed by atoms with Crippen molar-refractivity contribution >= 4 is 5.97 Å². The van der Waals surface area contributed by atoms with E-state index in [9.17, 15) is 4.79 Å². The molecule has 0 aliphatic carbocycles. The molecular formula is C12H15N3O2. The summed E-state index contributed by atoms with van der Waals surface area (Å²) in [5.41, 5.74) is 0.659. The molecule has 0 atom stereocenters. The number of nitriles is 1. The Kier molecular flexibility index (Phi) is 3.79. The summed E-state index contributed by atoms with van der Waals surface area (Å²) in [6.45, 7) is 7.13. The monoisotopic (exact) mass is 233 g/mol. The fraction of sp³-hybridized carbons (Fsp3) is 0.500. The summed E-state index contributed by atoms with van der Waals surface area (Å²) in [4.78, 5) is 19.7. The molecule has 0 unspecified atom stereocenters. The van der Waals surface area contributed by atoms with Crippen LogP contribution in [0.15, 0.2) is 6.20 Å². The van der Waals surface area contributed by atoms with Crippen LogP contribution in [-0.4, -0.2) is 21.5 Å². The van der Waals surface area contributed by atoms with Gasteiger partial charge in [0.1, 0.15) is 11.7 Å². The van der Waals surface area contributed by atoms with Gasteiger partial charge < -0.3 is 4.74 Å². The zero-order valence-electron chi connectivity index (χ0n) is 10.4. The van der Waals surface area contributed by atoms with Crippen molar-refractivity contribution in [3.8, 4) is 6.07 Å². The maximum Gasteiger partial charge on any atom is 0.312 e. The number of aryl methyl sites for hydroxylation is 1. The molecule has 0 bridgehead atoms. The van der Waals surface area contributed by atoms with E-state index in [4.69, 9.17) is 10.00 Å². The van der Waals surface area contributed by atoms with E-state index in [2.05, 4.69) is 9.97 Å². The van der Waals surface area contributed by atoms with Crippen LogP contribution in [0, 0.1) is 18.3 Å². The molecule has 0 saturated heterocycles. The van der Waals surface area contributed by atoms with Crippen molar-refractivity contribution in [2.24, 2.45) is 0 Å². The van der Waals surface area contributed by atoms with Crippen molar-refractivity contribution in [2.45, 2.75) is 39.7 Å². The number of esters is 1. The summed E-state index contributed by atoms with van der Waals surface area (Å²) in [5.74, 6) is -0.408. The smallest absolute Gasteiger partial charge is 0.312 e. The van der Waals surface area contributed by atoms with Crippen LogP contribution in [0.25, 0.3) is 0 Å². The van der Waals surface area contributed by atoms with Crippen LogP contribution in [0.2, 0.25) is 0 Å². The van der Waals surface area contributed by atoms with Crippen molar-refractivity contribution in [1.29, 1.82) is 5.26 Å². The van der Waals surface area contributed by atoms with Crippen molar-refractivity contribution in [2.75, 3.05) is 0 Å². The number of aromatic nitrogens is 2. The molecule has 0 aliphatic rings. The Morgan fingerprint density at radius 2 is 2.18 bits per heavy atom. The Balaban J connectivity index is 2.85. The van der Waals surface area contributed by atoms with E-state index in [1.165, 1.54) is 6.20 Å². The molecule has 0 amide bonds. The molecule has 17 heavy (non-hydrogen) atoms. The minimum atomic E-state index is -0.541. The van der Waals surface area contributed by atoms with E-state index in [0.29, 0.717) is 11.4 Å². The average Bonchev–Trinajstić information content (AvgIpc) is 2.14. The van der Waals surface area contributed by atoms with E-state index < -0.39 is 11.6 Å². The van der Waals surface area contributed by atoms with Crippen LogP contribution in [0.5, 0.6) is 0 Å². The highest BCUT2D eigenvalue weighted by molar-refractivity contribution is 5.73. The van der Waals surface area contributed by atoms with Crippen LogP contribution >= 0.6 is 0 Å². The van der Waals surface area contributed by atoms with Crippen molar-refractivity contribution < 1.29 is 9.53 Å². The van der Waals surface area contributed by atoms with Gasteiger partial charge in [0, 0.05) is 6.20 Å². The van der Waals surface area contributed by atoms with Crippen molar-refractivity contribution in [1.82, 2.24) is 9.97 Å². The van der Waals surface area contributed by atoms with Crippen LogP contribution in [-0.2, 0) is 16.0 Å². The van der Waals surface area contributed by atoms with E-state index in [0.717, 1.165) is 0 Å². The lowest BCUT2D eigenvalue weighted by Gasteiger charge is -2.19. The minimum Gasteiger partial charge on any atom is -0.460 e. The third kappa shape index (κ3) is 4.19. The van der Waals surface area contributed by atoms with Crippen molar-refractivity contribution in [3.05, 3.63) is 23.3 Å². The Morgan fingerprint density at radius 1 is 1.53 bits per heavy atom. The first-order chi connectivity index (χ1) is 7.81. The number of carbonyl (C=O) groups excluding carboxylic acids is 1. The third-order valence-electron chi connectivity index (χ3n) is 1.80. The van der Waals surface area contributed by atoms with Crippen LogP contribution < -0.4 is 0 Å². The summed E-state index contributed by atoms with van der Waals surface area (Å²) >= 11 is 0. The molecule has 90 valence electrons. The van der Waals surface area contributed by atoms with Gasteiger partial charge in [0.15, 0.2) is 5.69 Å². The standard InChI is InChI=1S/C12H15N3O2/c1-8-7-14-10(6-13)9(15-8)5-11(16)17-12(2,3)4/h7H,5H2,1-4H3. The average molecular weight is 233 g/mol. The maximum atomic E-state index is 11.6. The van der Waals surface area contributed by atoms with Gasteiger partial charge in [-0.25, -0.2) is 4.98 Å². The van der Waals surface area contributed by atoms with Crippen LogP contribution in [0.1, 0.15) is 37.9 Å². The molecule has 1 heterocycles. The molecule has 0 aliphatic heterocycles. The third-order valence-corrected chi connectivity index (χ3v) is 1.80. The molecular weight excluding hydrogens is 218 g/mol. The lowest BCUT2D eigenvalue weighted by Crippen LogP contribution is -2.25. The molecule has 0 radical (unpaired) electrons. The summed E-state index contributed by atoms with van der Waals surface area (Å²) in [6, 6.07) is 1.91. The number of rotatable bonds is 2. The Hall–Kier alpha value is -1.96. The van der Waals surface area contributed by atoms with Gasteiger partial charge in [0.05, 0.1) is 17.8 Å². The van der Waals surface area contributed by atoms with Gasteiger partial charge in [0.25, 0.3) is 0 Å². The topological polar surface area (TPSA) is 75.9 Å². The number of carbonyl (C=O) groups is 1. The molecule has 1 aromatic heterocycles. The molecule has 0 fully saturated rings. The lowest BCUT2D eigenvalue weighted by atomic mass is 10.2. The van der Waals surface area contributed by atoms with Gasteiger partial charge in [-0.3, -0.25) is 9.78 Å². The molecule has 1 aromatic rings. The highest BCUT2D eigenvalue weighted by Crippen LogP contribution is 2.10. The predicted molar refractivity (Wildman–Crippen MR) is 61.0 cm³/mol. The van der Waals surface area contributed by atoms with Gasteiger partial charge in [-0.1, -0.05) is 0 Å². The fourth-order valence-electron chi connectivity index (χ4n) is 1.26. The first-order valence-electron chi connectivity index (χ1n) is 5.26. The van der Waals surface area contributed by atoms with Gasteiger partial charge in [-0.15, -0.1) is 0 Å². The highest BCUT2D eigenvalue weighted by Gasteiger charge is 2.18. The van der Waals surface area contributed by atoms with Gasteiger partial charge in [-0.05, 0) is 27.7 Å². The summed E-state index contributed by atoms with van der Waals surface area (Å²) < 4.78 is 5.16. The zero-order valence-corrected chi connectivity index (χ0v) is 10.4. The minimum absolute atomic E-state index is 0.0329. The number of hydrogen-bond acceptors (Lipinski definition) is 5. The van der Waals surface area contributed by atoms with E-state index >= 15 is 0 Å². The van der Waals surface area contributed by atoms with E-state index in [-0.39, 0.29) is 12.1 Å². The van der Waals surface area contributed by atoms with Crippen molar-refractivity contribution in [3.63, 3.8) is 0 Å². The summed E-state index contributed by atoms with van der Waals surface area (Å²) in [6.07, 6.45) is 1.46. The first kappa shape index (κ1) is 13.1. The fourth-order valence-corrected chi connectivity index (χ4v) is 1.26. The molecule has 5 heteroatoms. The predicted octanol–water partition coefficient (Wildman–Crippen LogP) is 1.54. The normalized spacial score (nSPS) is 10.8.